The highest BCUT2D eigenvalue weighted by Gasteiger charge is 2.29. The lowest BCUT2D eigenvalue weighted by Crippen LogP contribution is -2.40. The molecule has 52 heavy (non-hydrogen) atoms. The average molecular weight is 713 g/mol. The third kappa shape index (κ3) is 7.87. The Kier molecular flexibility index (Phi) is 11.1. The molecule has 1 aliphatic heterocycles. The Morgan fingerprint density at radius 1 is 0.731 bits per heavy atom. The quantitative estimate of drug-likeness (QED) is 0.148. The number of ether oxygens (including phenoxy) is 3. The molecule has 15 nitrogen and oxygen atoms in total. The maximum atomic E-state index is 12.8. The van der Waals surface area contributed by atoms with E-state index in [-0.39, 0.29) is 38.0 Å². The summed E-state index contributed by atoms with van der Waals surface area (Å²) in [6.07, 6.45) is 5.48. The van der Waals surface area contributed by atoms with Crippen molar-refractivity contribution in [3.05, 3.63) is 65.0 Å². The first kappa shape index (κ1) is 35.9. The van der Waals surface area contributed by atoms with Crippen LogP contribution in [0.5, 0.6) is 5.75 Å². The van der Waals surface area contributed by atoms with Gasteiger partial charge in [0.2, 0.25) is 11.8 Å². The predicted molar refractivity (Wildman–Crippen MR) is 191 cm³/mol. The van der Waals surface area contributed by atoms with Gasteiger partial charge in [-0.15, -0.1) is 0 Å². The van der Waals surface area contributed by atoms with Crippen LogP contribution in [0, 0.1) is 0 Å². The Morgan fingerprint density at radius 3 is 1.71 bits per heavy atom. The van der Waals surface area contributed by atoms with Crippen molar-refractivity contribution in [1.82, 2.24) is 40.4 Å². The van der Waals surface area contributed by atoms with Crippen molar-refractivity contribution in [1.29, 1.82) is 0 Å². The fourth-order valence-corrected chi connectivity index (χ4v) is 6.73. The first-order valence-electron chi connectivity index (χ1n) is 17.4. The molecule has 2 aliphatic rings. The molecule has 15 heteroatoms. The Balaban J connectivity index is 1.18. The number of methoxy groups -OCH3 is 2. The van der Waals surface area contributed by atoms with E-state index in [2.05, 4.69) is 58.2 Å². The topological polar surface area (TPSA) is 184 Å². The van der Waals surface area contributed by atoms with Gasteiger partial charge in [-0.3, -0.25) is 9.59 Å². The van der Waals surface area contributed by atoms with Gasteiger partial charge in [-0.05, 0) is 72.2 Å². The molecule has 2 aromatic carbocycles. The van der Waals surface area contributed by atoms with Gasteiger partial charge in [0.15, 0.2) is 0 Å². The van der Waals surface area contributed by atoms with Gasteiger partial charge in [-0.25, -0.2) is 19.6 Å². The van der Waals surface area contributed by atoms with Gasteiger partial charge in [-0.2, -0.15) is 0 Å². The zero-order chi connectivity index (χ0) is 36.8. The number of carbonyl (C=O) groups is 4. The van der Waals surface area contributed by atoms with Crippen LogP contribution in [0.1, 0.15) is 55.0 Å². The minimum Gasteiger partial charge on any atom is -0.488 e. The van der Waals surface area contributed by atoms with Gasteiger partial charge < -0.3 is 44.6 Å². The van der Waals surface area contributed by atoms with Crippen molar-refractivity contribution in [2.75, 3.05) is 40.4 Å². The summed E-state index contributed by atoms with van der Waals surface area (Å²) in [4.78, 5) is 67.7. The first-order chi connectivity index (χ1) is 25.2. The fourth-order valence-electron chi connectivity index (χ4n) is 6.73. The highest BCUT2D eigenvalue weighted by Crippen LogP contribution is 2.48. The number of nitrogens with one attached hydrogen (secondary N) is 4. The summed E-state index contributed by atoms with van der Waals surface area (Å²) in [5.74, 6) is 1.68. The largest absolute Gasteiger partial charge is 0.488 e. The van der Waals surface area contributed by atoms with Crippen LogP contribution in [0.15, 0.2) is 36.7 Å². The van der Waals surface area contributed by atoms with Crippen molar-refractivity contribution in [3.8, 4) is 39.4 Å². The highest BCUT2D eigenvalue weighted by atomic mass is 16.5. The Labute approximate surface area is 301 Å². The monoisotopic (exact) mass is 712 g/mol. The summed E-state index contributed by atoms with van der Waals surface area (Å²) in [5.41, 5.74) is 9.53. The number of imidazole rings is 2. The number of carbonyl (C=O) groups excluding carboxylic acids is 4. The Hall–Kier alpha value is -5.86. The second-order valence-electron chi connectivity index (χ2n) is 12.8. The summed E-state index contributed by atoms with van der Waals surface area (Å²) in [7, 11) is 2.52. The summed E-state index contributed by atoms with van der Waals surface area (Å²) in [6.45, 7) is 5.71. The van der Waals surface area contributed by atoms with Gasteiger partial charge >= 0.3 is 12.2 Å². The van der Waals surface area contributed by atoms with Gasteiger partial charge in [0.25, 0.3) is 0 Å². The van der Waals surface area contributed by atoms with E-state index in [1.54, 1.807) is 22.2 Å². The molecule has 0 unspecified atom stereocenters. The lowest BCUT2D eigenvalue weighted by atomic mass is 9.79. The van der Waals surface area contributed by atoms with Crippen LogP contribution in [-0.4, -0.2) is 94.1 Å². The molecule has 4 N–H and O–H groups in total. The number of benzene rings is 2. The van der Waals surface area contributed by atoms with Crippen LogP contribution in [0.2, 0.25) is 0 Å². The van der Waals surface area contributed by atoms with Crippen molar-refractivity contribution >= 4 is 24.0 Å². The van der Waals surface area contributed by atoms with Crippen LogP contribution in [-0.2, 0) is 51.6 Å². The molecule has 0 bridgehead atoms. The number of aryl methyl sites for hydroxylation is 2. The molecule has 4 aromatic rings. The lowest BCUT2D eigenvalue weighted by molar-refractivity contribution is -0.131. The van der Waals surface area contributed by atoms with Crippen LogP contribution < -0.4 is 15.4 Å². The number of aromatic amines is 2. The molecule has 274 valence electrons. The Bertz CT molecular complexity index is 1780. The van der Waals surface area contributed by atoms with Crippen LogP contribution in [0.3, 0.4) is 0 Å². The van der Waals surface area contributed by atoms with E-state index in [9.17, 15) is 19.2 Å². The van der Waals surface area contributed by atoms with Crippen molar-refractivity contribution in [3.63, 3.8) is 0 Å². The minimum absolute atomic E-state index is 0.152. The molecule has 0 atom stereocenters. The van der Waals surface area contributed by atoms with Crippen molar-refractivity contribution in [2.45, 2.75) is 59.2 Å². The van der Waals surface area contributed by atoms with Crippen LogP contribution in [0.4, 0.5) is 9.59 Å². The summed E-state index contributed by atoms with van der Waals surface area (Å²) >= 11 is 0. The number of aromatic nitrogens is 4. The van der Waals surface area contributed by atoms with Crippen molar-refractivity contribution in [2.24, 2.45) is 0 Å². The first-order valence-corrected chi connectivity index (χ1v) is 17.4. The van der Waals surface area contributed by atoms with E-state index in [0.29, 0.717) is 31.3 Å². The molecule has 2 aromatic heterocycles. The predicted octanol–water partition coefficient (Wildman–Crippen LogP) is 4.31. The van der Waals surface area contributed by atoms with Gasteiger partial charge in [0.05, 0.1) is 51.1 Å². The second-order valence-corrected chi connectivity index (χ2v) is 12.8. The zero-order valence-electron chi connectivity index (χ0n) is 29.9. The smallest absolute Gasteiger partial charge is 0.407 e. The fraction of sp³-hybridized carbons (Fsp3) is 0.405. The van der Waals surface area contributed by atoms with E-state index in [4.69, 9.17) is 4.74 Å². The molecule has 0 radical (unpaired) electrons. The average Bonchev–Trinajstić information content (AvgIpc) is 3.84. The molecule has 4 amide bonds. The molecule has 3 heterocycles. The molecular formula is C37H44N8O7. The molecule has 0 saturated heterocycles. The summed E-state index contributed by atoms with van der Waals surface area (Å²) in [6, 6.07) is 8.58. The zero-order valence-corrected chi connectivity index (χ0v) is 29.9. The number of rotatable bonds is 14. The lowest BCUT2D eigenvalue weighted by Gasteiger charge is -2.30. The maximum Gasteiger partial charge on any atom is 0.407 e. The van der Waals surface area contributed by atoms with Crippen molar-refractivity contribution < 1.29 is 33.4 Å². The number of alkyl carbamates (subject to hydrolysis) is 2. The standard InChI is InChI=1S/C37H44N8O7/c1-5-9-44(32(46)17-40-36(48)50-3)19-30-38-15-27(42-30)24-11-22-7-8-23-12-25(14-29-35(23)34(22)26(13-24)21-52-29)28-16-39-31(43-28)20-45(10-6-2)33(47)18-41-37(49)51-4/h11-16H,5-10,17-21H2,1-4H3,(H,38,42)(H,39,43)(H,40,48)(H,41,49). The van der Waals surface area contributed by atoms with Crippen LogP contribution in [0.25, 0.3) is 33.6 Å². The highest BCUT2D eigenvalue weighted by molar-refractivity contribution is 5.87. The molecule has 0 spiro atoms. The number of hydrogen-bond acceptors (Lipinski definition) is 9. The Morgan fingerprint density at radius 2 is 1.21 bits per heavy atom. The number of hydrogen-bond donors (Lipinski definition) is 4. The molecular weight excluding hydrogens is 668 g/mol. The number of nitrogens with zero attached hydrogens (tertiary/aromatic N) is 4. The molecule has 0 fully saturated rings. The van der Waals surface area contributed by atoms with Gasteiger partial charge in [0.1, 0.15) is 37.1 Å². The summed E-state index contributed by atoms with van der Waals surface area (Å²) < 4.78 is 15.5. The third-order valence-corrected chi connectivity index (χ3v) is 9.17. The van der Waals surface area contributed by atoms with E-state index in [1.165, 1.54) is 30.9 Å². The van der Waals surface area contributed by atoms with E-state index in [0.717, 1.165) is 65.1 Å². The van der Waals surface area contributed by atoms with E-state index >= 15 is 0 Å². The second kappa shape index (κ2) is 16.0. The molecule has 0 saturated carbocycles. The van der Waals surface area contributed by atoms with E-state index < -0.39 is 12.2 Å². The third-order valence-electron chi connectivity index (χ3n) is 9.17. The van der Waals surface area contributed by atoms with Crippen LogP contribution >= 0.6 is 0 Å². The van der Waals surface area contributed by atoms with Gasteiger partial charge in [-0.1, -0.05) is 13.8 Å². The van der Waals surface area contributed by atoms with Gasteiger partial charge in [0, 0.05) is 29.8 Å². The minimum atomic E-state index is -0.653. The molecule has 1 aliphatic carbocycles. The maximum absolute atomic E-state index is 12.8. The summed E-state index contributed by atoms with van der Waals surface area (Å²) in [5, 5.41) is 4.90. The van der Waals surface area contributed by atoms with E-state index in [1.807, 2.05) is 19.9 Å². The molecule has 6 rings (SSSR count). The normalized spacial score (nSPS) is 12.3. The SMILES string of the molecule is CCCN(Cc1ncc(-c2cc3c4c(c2)COc2cc(-c5cnc(CN(CCC)C(=O)CNC(=O)OC)[nH]5)cc(c2-4)CC3)[nH]1)C(=O)CNC(=O)OC. The number of H-pyrrole nitrogens is 2. The number of amides is 4.